The van der Waals surface area contributed by atoms with Crippen molar-refractivity contribution in [3.05, 3.63) is 0 Å². The third-order valence-corrected chi connectivity index (χ3v) is 7.41. The minimum Gasteiger partial charge on any atom is -0.396 e. The van der Waals surface area contributed by atoms with Crippen LogP contribution in [0.1, 0.15) is 38.5 Å². The zero-order valence-electron chi connectivity index (χ0n) is 20.0. The molecular weight excluding hydrogens is 498 g/mol. The standard InChI is InChI=1S/C16H38N4O4.5CN.Fe/c17-7-2-10-23-12-4-14(19)16(22,6-1-9-21)15(20)5-13-24-11-3-8-18;5*1-2;/h14-15,21-22H,1-13,17-20H2;;;;;;. The number of hydrogen-bond acceptors (Lipinski definition) is 13. The van der Waals surface area contributed by atoms with E-state index in [9.17, 15) is 5.11 Å². The summed E-state index contributed by atoms with van der Waals surface area (Å²) in [7, 11) is 0. The number of aliphatic hydroxyl groups is 2. The summed E-state index contributed by atoms with van der Waals surface area (Å²) in [6.07, 6.45) is 3.37. The van der Waals surface area contributed by atoms with Crippen LogP contribution in [0.25, 0.3) is 0 Å². The summed E-state index contributed by atoms with van der Waals surface area (Å²) in [6.45, 7) is 3.22. The molecule has 0 heterocycles. The average molecular weight is 536 g/mol. The van der Waals surface area contributed by atoms with Crippen LogP contribution in [-0.2, 0) is 21.3 Å². The first-order chi connectivity index (χ1) is 16.6. The summed E-state index contributed by atoms with van der Waals surface area (Å²) >= 11 is -4.78. The van der Waals surface area contributed by atoms with Gasteiger partial charge in [-0.1, -0.05) is 0 Å². The van der Waals surface area contributed by atoms with Crippen LogP contribution in [-0.4, -0.2) is 74.0 Å². The fourth-order valence-corrected chi connectivity index (χ4v) is 3.23. The Balaban J connectivity index is 0. The number of nitrogens with two attached hydrogens (primary N) is 4. The van der Waals surface area contributed by atoms with Gasteiger partial charge in [0.2, 0.25) is 0 Å². The van der Waals surface area contributed by atoms with Crippen LogP contribution >= 0.6 is 0 Å². The van der Waals surface area contributed by atoms with E-state index in [1.165, 1.54) is 24.8 Å². The zero-order chi connectivity index (χ0) is 27.2. The van der Waals surface area contributed by atoms with Crippen molar-refractivity contribution >= 4 is 0 Å². The van der Waals surface area contributed by atoms with Crippen LogP contribution in [0.2, 0.25) is 0 Å². The average Bonchev–Trinajstić information content (AvgIpc) is 2.89. The number of aliphatic hydroxyl groups excluding tert-OH is 1. The van der Waals surface area contributed by atoms with Gasteiger partial charge in [0.1, 0.15) is 0 Å². The fourth-order valence-electron chi connectivity index (χ4n) is 2.68. The molecule has 0 rings (SSSR count). The third kappa shape index (κ3) is 11.8. The largest absolute Gasteiger partial charge is 0.396 e. The summed E-state index contributed by atoms with van der Waals surface area (Å²) in [5.74, 6) is 0. The minimum absolute atomic E-state index is 0.0122. The molecule has 0 saturated heterocycles. The van der Waals surface area contributed by atoms with Gasteiger partial charge in [0.25, 0.3) is 0 Å². The Morgan fingerprint density at radius 1 is 0.714 bits per heavy atom. The Kier molecular flexibility index (Phi) is 18.8. The van der Waals surface area contributed by atoms with Gasteiger partial charge in [0, 0.05) is 45.1 Å². The van der Waals surface area contributed by atoms with Gasteiger partial charge in [0.15, 0.2) is 0 Å². The molecule has 14 heteroatoms. The van der Waals surface area contributed by atoms with Gasteiger partial charge >= 0.3 is 62.9 Å². The molecular formula is C21H38FeN9O4. The van der Waals surface area contributed by atoms with Crippen LogP contribution in [0.5, 0.6) is 0 Å². The van der Waals surface area contributed by atoms with E-state index in [0.717, 1.165) is 12.8 Å². The molecule has 0 radical (unpaired) electrons. The van der Waals surface area contributed by atoms with Crippen molar-refractivity contribution < 1.29 is 31.5 Å². The van der Waals surface area contributed by atoms with Crippen molar-refractivity contribution in [3.63, 3.8) is 0 Å². The molecule has 0 aliphatic rings. The SMILES string of the molecule is N#[C][Fe]([C]#N)([C]#N)([C]#N)[C]#N.NCCCOCCC(N)C(O)(CCCO)C(N)CCOCCCN. The summed E-state index contributed by atoms with van der Waals surface area (Å²) in [5, 5.41) is 61.8. The summed E-state index contributed by atoms with van der Waals surface area (Å²) in [6, 6.07) is -1.05. The first-order valence-corrected chi connectivity index (χ1v) is 13.7. The second kappa shape index (κ2) is 18.9. The number of nitrogens with zero attached hydrogens (tertiary/aromatic N) is 5. The van der Waals surface area contributed by atoms with E-state index < -0.39 is 29.5 Å². The Labute approximate surface area is 207 Å². The maximum atomic E-state index is 11.0. The molecule has 10 N–H and O–H groups in total. The first-order valence-electron chi connectivity index (χ1n) is 10.9. The Hall–Kier alpha value is -2.35. The van der Waals surface area contributed by atoms with E-state index in [4.69, 9.17) is 63.8 Å². The molecule has 0 spiro atoms. The van der Waals surface area contributed by atoms with Crippen molar-refractivity contribution in [2.45, 2.75) is 56.2 Å². The molecule has 0 aromatic rings. The van der Waals surface area contributed by atoms with Gasteiger partial charge in [-0.05, 0) is 51.6 Å². The van der Waals surface area contributed by atoms with Gasteiger partial charge in [0.05, 0.1) is 5.60 Å². The van der Waals surface area contributed by atoms with Crippen LogP contribution in [0, 0.1) is 51.1 Å². The van der Waals surface area contributed by atoms with Gasteiger partial charge in [-0.2, -0.15) is 0 Å². The molecule has 0 aliphatic carbocycles. The molecule has 0 bridgehead atoms. The van der Waals surface area contributed by atoms with Crippen molar-refractivity contribution in [1.82, 2.24) is 0 Å². The number of ether oxygens (including phenoxy) is 2. The van der Waals surface area contributed by atoms with Gasteiger partial charge < -0.3 is 42.6 Å². The Morgan fingerprint density at radius 2 is 1.09 bits per heavy atom. The number of rotatable bonds is 17. The minimum atomic E-state index is -4.78. The van der Waals surface area contributed by atoms with E-state index in [1.807, 2.05) is 0 Å². The molecule has 0 aliphatic heterocycles. The first kappa shape index (κ1) is 34.8. The Bertz CT molecular complexity index is 691. The van der Waals surface area contributed by atoms with Crippen LogP contribution < -0.4 is 22.9 Å². The molecule has 2 atom stereocenters. The van der Waals surface area contributed by atoms with E-state index in [1.54, 1.807) is 0 Å². The third-order valence-electron chi connectivity index (χ3n) is 4.94. The molecule has 0 fully saturated rings. The molecule has 0 aromatic heterocycles. The molecule has 0 saturated carbocycles. The van der Waals surface area contributed by atoms with Gasteiger partial charge in [-0.3, -0.25) is 0 Å². The second-order valence-electron chi connectivity index (χ2n) is 7.40. The smallest absolute Gasteiger partial charge is 0.0950 e. The molecule has 0 aromatic carbocycles. The van der Waals surface area contributed by atoms with Crippen LogP contribution in [0.4, 0.5) is 0 Å². The van der Waals surface area contributed by atoms with Crippen molar-refractivity contribution in [1.29, 1.82) is 26.3 Å². The summed E-state index contributed by atoms with van der Waals surface area (Å²) < 4.78 is 10.9. The van der Waals surface area contributed by atoms with E-state index in [0.29, 0.717) is 65.2 Å². The number of hydrogen-bond donors (Lipinski definition) is 6. The van der Waals surface area contributed by atoms with Gasteiger partial charge in [-0.25, -0.2) is 0 Å². The predicted octanol–water partition coefficient (Wildman–Crippen LogP) is -1.26. The molecule has 13 nitrogen and oxygen atoms in total. The van der Waals surface area contributed by atoms with E-state index in [-0.39, 0.29) is 6.61 Å². The summed E-state index contributed by atoms with van der Waals surface area (Å²) in [4.78, 5) is 6.12. The zero-order valence-corrected chi connectivity index (χ0v) is 21.1. The molecule has 199 valence electrons. The fraction of sp³-hybridized carbons (Fsp3) is 0.762. The predicted molar refractivity (Wildman–Crippen MR) is 124 cm³/mol. The quantitative estimate of drug-likeness (QED) is 0.0935. The number of nitriles is 5. The summed E-state index contributed by atoms with van der Waals surface area (Å²) in [5.41, 5.74) is 21.9. The monoisotopic (exact) mass is 536 g/mol. The second-order valence-corrected chi connectivity index (χ2v) is 11.4. The Morgan fingerprint density at radius 3 is 1.34 bits per heavy atom. The van der Waals surface area contributed by atoms with Crippen molar-refractivity contribution in [2.24, 2.45) is 22.9 Å². The molecule has 0 amide bonds. The van der Waals surface area contributed by atoms with E-state index in [2.05, 4.69) is 0 Å². The van der Waals surface area contributed by atoms with Crippen LogP contribution in [0.15, 0.2) is 0 Å². The normalized spacial score (nSPS) is 15.1. The molecule has 35 heavy (non-hydrogen) atoms. The maximum Gasteiger partial charge on any atom is 0.0950 e. The maximum absolute atomic E-state index is 11.0. The topological polar surface area (TPSA) is 282 Å². The van der Waals surface area contributed by atoms with Gasteiger partial charge in [-0.15, -0.1) is 0 Å². The molecule has 2 unspecified atom stereocenters. The van der Waals surface area contributed by atoms with Crippen LogP contribution in [0.3, 0.4) is 0 Å². The van der Waals surface area contributed by atoms with Crippen molar-refractivity contribution in [3.8, 4) is 24.8 Å². The van der Waals surface area contributed by atoms with Crippen molar-refractivity contribution in [2.75, 3.05) is 46.1 Å². The van der Waals surface area contributed by atoms with E-state index >= 15 is 0 Å².